The van der Waals surface area contributed by atoms with Crippen molar-refractivity contribution in [3.05, 3.63) is 60.7 Å². The summed E-state index contributed by atoms with van der Waals surface area (Å²) in [5.74, 6) is 1.01. The first-order valence-corrected chi connectivity index (χ1v) is 9.27. The van der Waals surface area contributed by atoms with E-state index in [1.54, 1.807) is 0 Å². The number of carbonyl (C=O) groups is 1. The van der Waals surface area contributed by atoms with Gasteiger partial charge in [-0.1, -0.05) is 36.4 Å². The number of para-hydroxylation sites is 2. The van der Waals surface area contributed by atoms with Crippen molar-refractivity contribution in [3.8, 4) is 5.75 Å². The van der Waals surface area contributed by atoms with Gasteiger partial charge in [0.05, 0.1) is 0 Å². The number of hydrogen-bond donors (Lipinski definition) is 1. The lowest BCUT2D eigenvalue weighted by Crippen LogP contribution is -2.48. The first-order chi connectivity index (χ1) is 12.8. The summed E-state index contributed by atoms with van der Waals surface area (Å²) in [6, 6.07) is 19.6. The Morgan fingerprint density at radius 3 is 2.08 bits per heavy atom. The molecule has 0 saturated carbocycles. The lowest BCUT2D eigenvalue weighted by atomic mass is 10.2. The van der Waals surface area contributed by atoms with E-state index < -0.39 is 0 Å². The fourth-order valence-corrected chi connectivity index (χ4v) is 3.05. The van der Waals surface area contributed by atoms with Crippen LogP contribution in [0, 0.1) is 0 Å². The number of nitrogens with one attached hydrogen (secondary N) is 1. The molecule has 0 unspecified atom stereocenters. The summed E-state index contributed by atoms with van der Waals surface area (Å²) in [6.07, 6.45) is 0.534. The quantitative estimate of drug-likeness (QED) is 0.793. The van der Waals surface area contributed by atoms with Crippen LogP contribution in [0.1, 0.15) is 6.42 Å². The largest absolute Gasteiger partial charge is 0.492 e. The fourth-order valence-electron chi connectivity index (χ4n) is 3.05. The number of amides is 1. The van der Waals surface area contributed by atoms with Gasteiger partial charge in [-0.2, -0.15) is 0 Å². The van der Waals surface area contributed by atoms with Crippen molar-refractivity contribution >= 4 is 11.6 Å². The molecule has 0 aliphatic carbocycles. The Balaban J connectivity index is 1.28. The minimum absolute atomic E-state index is 0.0786. The summed E-state index contributed by atoms with van der Waals surface area (Å²) < 4.78 is 5.76. The van der Waals surface area contributed by atoms with E-state index in [1.165, 1.54) is 0 Å². The number of hydrogen-bond acceptors (Lipinski definition) is 4. The zero-order valence-corrected chi connectivity index (χ0v) is 15.1. The van der Waals surface area contributed by atoms with E-state index in [4.69, 9.17) is 4.74 Å². The third-order valence-corrected chi connectivity index (χ3v) is 4.60. The monoisotopic (exact) mass is 353 g/mol. The summed E-state index contributed by atoms with van der Waals surface area (Å²) in [7, 11) is 0. The van der Waals surface area contributed by atoms with E-state index in [2.05, 4.69) is 15.1 Å². The van der Waals surface area contributed by atoms with Crippen molar-refractivity contribution in [1.29, 1.82) is 0 Å². The average Bonchev–Trinajstić information content (AvgIpc) is 2.69. The average molecular weight is 353 g/mol. The maximum Gasteiger partial charge on any atom is 0.225 e. The van der Waals surface area contributed by atoms with E-state index in [1.807, 2.05) is 60.7 Å². The first-order valence-electron chi connectivity index (χ1n) is 9.27. The second-order valence-corrected chi connectivity index (χ2v) is 6.51. The molecule has 5 nitrogen and oxygen atoms in total. The maximum atomic E-state index is 12.0. The highest BCUT2D eigenvalue weighted by Crippen LogP contribution is 2.09. The van der Waals surface area contributed by atoms with Crippen LogP contribution in [-0.4, -0.2) is 61.6 Å². The number of ether oxygens (including phenoxy) is 1. The second-order valence-electron chi connectivity index (χ2n) is 6.51. The van der Waals surface area contributed by atoms with Crippen molar-refractivity contribution in [2.24, 2.45) is 0 Å². The zero-order chi connectivity index (χ0) is 18.0. The number of nitrogens with zero attached hydrogens (tertiary/aromatic N) is 2. The van der Waals surface area contributed by atoms with Crippen LogP contribution in [0.5, 0.6) is 5.75 Å². The molecule has 1 fully saturated rings. The molecule has 0 bridgehead atoms. The minimum atomic E-state index is 0.0786. The zero-order valence-electron chi connectivity index (χ0n) is 15.1. The molecule has 0 spiro atoms. The molecule has 26 heavy (non-hydrogen) atoms. The van der Waals surface area contributed by atoms with Gasteiger partial charge < -0.3 is 15.0 Å². The van der Waals surface area contributed by atoms with Gasteiger partial charge in [0.1, 0.15) is 12.4 Å². The number of piperazine rings is 1. The standard InChI is InChI=1S/C21H27N3O2/c25-21(22-19-7-3-1-4-8-19)11-12-23-13-15-24(16-14-23)17-18-26-20-9-5-2-6-10-20/h1-10H,11-18H2,(H,22,25). The van der Waals surface area contributed by atoms with Gasteiger partial charge in [0, 0.05) is 51.4 Å². The van der Waals surface area contributed by atoms with E-state index in [0.717, 1.165) is 50.7 Å². The van der Waals surface area contributed by atoms with E-state index in [9.17, 15) is 4.79 Å². The predicted octanol–water partition coefficient (Wildman–Crippen LogP) is 2.71. The Kier molecular flexibility index (Phi) is 7.05. The van der Waals surface area contributed by atoms with Gasteiger partial charge in [0.15, 0.2) is 0 Å². The molecule has 0 atom stereocenters. The molecule has 0 radical (unpaired) electrons. The van der Waals surface area contributed by atoms with Crippen LogP contribution in [0.3, 0.4) is 0 Å². The molecule has 1 aliphatic rings. The lowest BCUT2D eigenvalue weighted by molar-refractivity contribution is -0.116. The smallest absolute Gasteiger partial charge is 0.225 e. The van der Waals surface area contributed by atoms with Crippen LogP contribution in [0.2, 0.25) is 0 Å². The van der Waals surface area contributed by atoms with Crippen molar-refractivity contribution in [2.75, 3.05) is 51.2 Å². The first kappa shape index (κ1) is 18.4. The molecule has 3 rings (SSSR count). The second kappa shape index (κ2) is 9.94. The molecular formula is C21H27N3O2. The fraction of sp³-hybridized carbons (Fsp3) is 0.381. The van der Waals surface area contributed by atoms with Crippen LogP contribution in [-0.2, 0) is 4.79 Å². The molecule has 1 amide bonds. The molecule has 138 valence electrons. The highest BCUT2D eigenvalue weighted by Gasteiger charge is 2.17. The summed E-state index contributed by atoms with van der Waals surface area (Å²) in [4.78, 5) is 16.8. The maximum absolute atomic E-state index is 12.0. The Hall–Kier alpha value is -2.37. The normalized spacial score (nSPS) is 15.5. The van der Waals surface area contributed by atoms with Crippen molar-refractivity contribution in [1.82, 2.24) is 9.80 Å². The molecule has 2 aromatic carbocycles. The van der Waals surface area contributed by atoms with Crippen molar-refractivity contribution in [2.45, 2.75) is 6.42 Å². The van der Waals surface area contributed by atoms with Crippen LogP contribution < -0.4 is 10.1 Å². The summed E-state index contributed by atoms with van der Waals surface area (Å²) in [6.45, 7) is 6.53. The van der Waals surface area contributed by atoms with Crippen LogP contribution >= 0.6 is 0 Å². The molecule has 2 aromatic rings. The van der Waals surface area contributed by atoms with Crippen molar-refractivity contribution < 1.29 is 9.53 Å². The molecule has 1 saturated heterocycles. The van der Waals surface area contributed by atoms with Gasteiger partial charge in [0.2, 0.25) is 5.91 Å². The van der Waals surface area contributed by atoms with Crippen LogP contribution in [0.4, 0.5) is 5.69 Å². The molecule has 0 aromatic heterocycles. The van der Waals surface area contributed by atoms with E-state index in [0.29, 0.717) is 13.0 Å². The van der Waals surface area contributed by atoms with Gasteiger partial charge in [0.25, 0.3) is 0 Å². The Morgan fingerprint density at radius 2 is 1.42 bits per heavy atom. The van der Waals surface area contributed by atoms with Gasteiger partial charge in [-0.25, -0.2) is 0 Å². The number of carbonyl (C=O) groups excluding carboxylic acids is 1. The topological polar surface area (TPSA) is 44.8 Å². The molecular weight excluding hydrogens is 326 g/mol. The minimum Gasteiger partial charge on any atom is -0.492 e. The molecule has 1 heterocycles. The van der Waals surface area contributed by atoms with Crippen molar-refractivity contribution in [3.63, 3.8) is 0 Å². The van der Waals surface area contributed by atoms with Gasteiger partial charge >= 0.3 is 0 Å². The highest BCUT2D eigenvalue weighted by molar-refractivity contribution is 5.90. The lowest BCUT2D eigenvalue weighted by Gasteiger charge is -2.34. The molecule has 5 heteroatoms. The molecule has 1 N–H and O–H groups in total. The van der Waals surface area contributed by atoms with Crippen LogP contribution in [0.15, 0.2) is 60.7 Å². The Morgan fingerprint density at radius 1 is 0.846 bits per heavy atom. The summed E-state index contributed by atoms with van der Waals surface area (Å²) in [5.41, 5.74) is 0.862. The summed E-state index contributed by atoms with van der Waals surface area (Å²) in [5, 5.41) is 2.94. The third-order valence-electron chi connectivity index (χ3n) is 4.60. The SMILES string of the molecule is O=C(CCN1CCN(CCOc2ccccc2)CC1)Nc1ccccc1. The third kappa shape index (κ3) is 6.17. The number of anilines is 1. The predicted molar refractivity (Wildman–Crippen MR) is 105 cm³/mol. The Labute approximate surface area is 155 Å². The highest BCUT2D eigenvalue weighted by atomic mass is 16.5. The van der Waals surface area contributed by atoms with Gasteiger partial charge in [-0.3, -0.25) is 9.69 Å². The summed E-state index contributed by atoms with van der Waals surface area (Å²) >= 11 is 0. The number of rotatable bonds is 8. The molecule has 1 aliphatic heterocycles. The van der Waals surface area contributed by atoms with Crippen LogP contribution in [0.25, 0.3) is 0 Å². The van der Waals surface area contributed by atoms with E-state index >= 15 is 0 Å². The number of benzene rings is 2. The van der Waals surface area contributed by atoms with Gasteiger partial charge in [-0.15, -0.1) is 0 Å². The van der Waals surface area contributed by atoms with E-state index in [-0.39, 0.29) is 5.91 Å². The van der Waals surface area contributed by atoms with Gasteiger partial charge in [-0.05, 0) is 24.3 Å². The Bertz CT molecular complexity index is 655.